The molecule has 0 aliphatic carbocycles. The fourth-order valence-corrected chi connectivity index (χ4v) is 2.86. The summed E-state index contributed by atoms with van der Waals surface area (Å²) in [6.45, 7) is 5.38. The van der Waals surface area contributed by atoms with E-state index in [9.17, 15) is 9.90 Å². The van der Waals surface area contributed by atoms with Crippen LogP contribution in [0, 0.1) is 0 Å². The zero-order valence-electron chi connectivity index (χ0n) is 13.5. The molecule has 1 heterocycles. The third-order valence-corrected chi connectivity index (χ3v) is 3.88. The first-order valence-corrected chi connectivity index (χ1v) is 7.81. The average Bonchev–Trinajstić information content (AvgIpc) is 2.48. The lowest BCUT2D eigenvalue weighted by atomic mass is 10.0. The van der Waals surface area contributed by atoms with E-state index in [2.05, 4.69) is 0 Å². The number of aliphatic carboxylic acids is 1. The molecule has 0 spiro atoms. The van der Waals surface area contributed by atoms with Crippen LogP contribution < -0.4 is 9.47 Å². The Morgan fingerprint density at radius 2 is 2.14 bits per heavy atom. The van der Waals surface area contributed by atoms with Gasteiger partial charge in [-0.05, 0) is 50.9 Å². The van der Waals surface area contributed by atoms with Gasteiger partial charge < -0.3 is 14.6 Å². The number of nitrogens with zero attached hydrogens (tertiary/aromatic N) is 1. The van der Waals surface area contributed by atoms with Gasteiger partial charge in [0.25, 0.3) is 0 Å². The number of likely N-dealkylation sites (tertiary alicyclic amines) is 1. The van der Waals surface area contributed by atoms with Gasteiger partial charge in [0.15, 0.2) is 11.5 Å². The van der Waals surface area contributed by atoms with Crippen LogP contribution in [0.1, 0.15) is 38.7 Å². The topological polar surface area (TPSA) is 59.0 Å². The molecule has 0 radical (unpaired) electrons. The second kappa shape index (κ2) is 7.49. The highest BCUT2D eigenvalue weighted by Crippen LogP contribution is 2.30. The van der Waals surface area contributed by atoms with Gasteiger partial charge in [0.2, 0.25) is 0 Å². The normalized spacial score (nSPS) is 19.2. The molecule has 22 heavy (non-hydrogen) atoms. The molecule has 122 valence electrons. The number of hydrogen-bond acceptors (Lipinski definition) is 4. The molecule has 1 unspecified atom stereocenters. The highest BCUT2D eigenvalue weighted by molar-refractivity contribution is 5.73. The molecule has 1 atom stereocenters. The van der Waals surface area contributed by atoms with Crippen molar-refractivity contribution in [3.8, 4) is 11.5 Å². The molecule has 5 nitrogen and oxygen atoms in total. The Kier molecular flexibility index (Phi) is 5.66. The number of carboxylic acids is 1. The van der Waals surface area contributed by atoms with E-state index in [1.54, 1.807) is 7.11 Å². The van der Waals surface area contributed by atoms with Gasteiger partial charge >= 0.3 is 5.97 Å². The minimum Gasteiger partial charge on any atom is -0.493 e. The number of hydrogen-bond donors (Lipinski definition) is 1. The maximum Gasteiger partial charge on any atom is 0.320 e. The lowest BCUT2D eigenvalue weighted by molar-refractivity contribution is -0.144. The molecule has 0 saturated carbocycles. The summed E-state index contributed by atoms with van der Waals surface area (Å²) in [6, 6.07) is 5.43. The van der Waals surface area contributed by atoms with Crippen molar-refractivity contribution in [3.63, 3.8) is 0 Å². The van der Waals surface area contributed by atoms with E-state index < -0.39 is 5.97 Å². The first-order chi connectivity index (χ1) is 10.5. The fourth-order valence-electron chi connectivity index (χ4n) is 2.86. The van der Waals surface area contributed by atoms with Crippen LogP contribution in [0.15, 0.2) is 18.2 Å². The SMILES string of the molecule is COc1cc(CN2CCCCC2C(=O)O)ccc1OC(C)C. The van der Waals surface area contributed by atoms with E-state index in [-0.39, 0.29) is 12.1 Å². The number of ether oxygens (including phenoxy) is 2. The Morgan fingerprint density at radius 1 is 1.36 bits per heavy atom. The second-order valence-corrected chi connectivity index (χ2v) is 5.97. The van der Waals surface area contributed by atoms with Gasteiger partial charge in [-0.3, -0.25) is 9.69 Å². The monoisotopic (exact) mass is 307 g/mol. The zero-order chi connectivity index (χ0) is 16.1. The Hall–Kier alpha value is -1.75. The third kappa shape index (κ3) is 4.13. The molecule has 1 aromatic carbocycles. The van der Waals surface area contributed by atoms with Crippen molar-refractivity contribution < 1.29 is 19.4 Å². The van der Waals surface area contributed by atoms with Crippen molar-refractivity contribution in [2.75, 3.05) is 13.7 Å². The van der Waals surface area contributed by atoms with Crippen LogP contribution in [0.4, 0.5) is 0 Å². The van der Waals surface area contributed by atoms with Gasteiger partial charge in [0.05, 0.1) is 13.2 Å². The summed E-state index contributed by atoms with van der Waals surface area (Å²) in [6.07, 6.45) is 2.84. The van der Waals surface area contributed by atoms with Gasteiger partial charge in [-0.2, -0.15) is 0 Å². The van der Waals surface area contributed by atoms with Crippen LogP contribution in [0.25, 0.3) is 0 Å². The van der Waals surface area contributed by atoms with Gasteiger partial charge in [0.1, 0.15) is 6.04 Å². The molecule has 1 aliphatic rings. The smallest absolute Gasteiger partial charge is 0.320 e. The second-order valence-electron chi connectivity index (χ2n) is 5.97. The Labute approximate surface area is 131 Å². The molecule has 1 saturated heterocycles. The summed E-state index contributed by atoms with van der Waals surface area (Å²) >= 11 is 0. The minimum absolute atomic E-state index is 0.0817. The van der Waals surface area contributed by atoms with Gasteiger partial charge in [-0.1, -0.05) is 12.5 Å². The molecule has 1 fully saturated rings. The molecule has 2 rings (SSSR count). The highest BCUT2D eigenvalue weighted by Gasteiger charge is 2.28. The fraction of sp³-hybridized carbons (Fsp3) is 0.588. The van der Waals surface area contributed by atoms with Crippen LogP contribution in [0.5, 0.6) is 11.5 Å². The Morgan fingerprint density at radius 3 is 2.77 bits per heavy atom. The average molecular weight is 307 g/mol. The Balaban J connectivity index is 2.13. The molecule has 0 bridgehead atoms. The maximum atomic E-state index is 11.4. The summed E-state index contributed by atoms with van der Waals surface area (Å²) in [5, 5.41) is 9.34. The number of carbonyl (C=O) groups is 1. The molecule has 5 heteroatoms. The maximum absolute atomic E-state index is 11.4. The van der Waals surface area contributed by atoms with Gasteiger partial charge in [-0.15, -0.1) is 0 Å². The van der Waals surface area contributed by atoms with Crippen molar-refractivity contribution in [2.24, 2.45) is 0 Å². The molecule has 1 aliphatic heterocycles. The van der Waals surface area contributed by atoms with E-state index in [0.717, 1.165) is 37.1 Å². The number of rotatable bonds is 6. The highest BCUT2D eigenvalue weighted by atomic mass is 16.5. The van der Waals surface area contributed by atoms with Crippen molar-refractivity contribution in [2.45, 2.75) is 51.8 Å². The van der Waals surface area contributed by atoms with Crippen LogP contribution in [-0.2, 0) is 11.3 Å². The van der Waals surface area contributed by atoms with Crippen LogP contribution in [-0.4, -0.2) is 41.8 Å². The standard InChI is InChI=1S/C17H25NO4/c1-12(2)22-15-8-7-13(10-16(15)21-3)11-18-9-5-4-6-14(18)17(19)20/h7-8,10,12,14H,4-6,9,11H2,1-3H3,(H,19,20). The van der Waals surface area contributed by atoms with E-state index in [1.807, 2.05) is 36.9 Å². The van der Waals surface area contributed by atoms with E-state index in [4.69, 9.17) is 9.47 Å². The molecule has 0 aromatic heterocycles. The van der Waals surface area contributed by atoms with Crippen molar-refractivity contribution in [3.05, 3.63) is 23.8 Å². The predicted octanol–water partition coefficient (Wildman–Crippen LogP) is 2.92. The van der Waals surface area contributed by atoms with Crippen molar-refractivity contribution >= 4 is 5.97 Å². The molecule has 1 N–H and O–H groups in total. The van der Waals surface area contributed by atoms with Crippen LogP contribution >= 0.6 is 0 Å². The largest absolute Gasteiger partial charge is 0.493 e. The summed E-state index contributed by atoms with van der Waals surface area (Å²) in [4.78, 5) is 13.4. The zero-order valence-corrected chi connectivity index (χ0v) is 13.5. The minimum atomic E-state index is -0.730. The van der Waals surface area contributed by atoms with Gasteiger partial charge in [0, 0.05) is 6.54 Å². The first-order valence-electron chi connectivity index (χ1n) is 7.81. The van der Waals surface area contributed by atoms with Gasteiger partial charge in [-0.25, -0.2) is 0 Å². The van der Waals surface area contributed by atoms with E-state index in [0.29, 0.717) is 12.3 Å². The lowest BCUT2D eigenvalue weighted by Gasteiger charge is -2.33. The summed E-state index contributed by atoms with van der Waals surface area (Å²) in [7, 11) is 1.62. The number of piperidine rings is 1. The van der Waals surface area contributed by atoms with E-state index >= 15 is 0 Å². The third-order valence-electron chi connectivity index (χ3n) is 3.88. The lowest BCUT2D eigenvalue weighted by Crippen LogP contribution is -2.43. The predicted molar refractivity (Wildman–Crippen MR) is 84.4 cm³/mol. The molecular formula is C17H25NO4. The number of benzene rings is 1. The first kappa shape index (κ1) is 16.6. The van der Waals surface area contributed by atoms with Crippen LogP contribution in [0.2, 0.25) is 0 Å². The number of methoxy groups -OCH3 is 1. The van der Waals surface area contributed by atoms with Crippen LogP contribution in [0.3, 0.4) is 0 Å². The summed E-state index contributed by atoms with van der Waals surface area (Å²) < 4.78 is 11.1. The van der Waals surface area contributed by atoms with Crippen molar-refractivity contribution in [1.82, 2.24) is 4.90 Å². The molecule has 0 amide bonds. The number of carboxylic acid groups (broad SMARTS) is 1. The van der Waals surface area contributed by atoms with Crippen molar-refractivity contribution in [1.29, 1.82) is 0 Å². The Bertz CT molecular complexity index is 515. The molecule has 1 aromatic rings. The quantitative estimate of drug-likeness (QED) is 0.875. The van der Waals surface area contributed by atoms with E-state index in [1.165, 1.54) is 0 Å². The summed E-state index contributed by atoms with van der Waals surface area (Å²) in [5.41, 5.74) is 1.04. The molecular weight excluding hydrogens is 282 g/mol. The summed E-state index contributed by atoms with van der Waals surface area (Å²) in [5.74, 6) is 0.677.